The maximum Gasteiger partial charge on any atom is 0.324 e. The average molecular weight is 222 g/mol. The molecule has 0 aromatic rings. The lowest BCUT2D eigenvalue weighted by atomic mass is 10.3. The molecule has 0 fully saturated rings. The molecule has 0 bridgehead atoms. The lowest BCUT2D eigenvalue weighted by Crippen LogP contribution is -2.55. The van der Waals surface area contributed by atoms with Gasteiger partial charge in [-0.25, -0.2) is 10.4 Å². The van der Waals surface area contributed by atoms with Crippen LogP contribution in [-0.2, 0) is 9.59 Å². The first-order valence-electron chi connectivity index (χ1n) is 4.10. The molecule has 0 unspecified atom stereocenters. The molecule has 0 saturated heterocycles. The summed E-state index contributed by atoms with van der Waals surface area (Å²) in [7, 11) is 1.26. The number of aliphatic hydroxyl groups is 2. The van der Waals surface area contributed by atoms with Gasteiger partial charge in [0.1, 0.15) is 12.1 Å². The molecule has 0 aliphatic carbocycles. The molecule has 0 heterocycles. The molecule has 2 atom stereocenters. The predicted octanol–water partition coefficient (Wildman–Crippen LogP) is -2.69. The quantitative estimate of drug-likeness (QED) is 0.294. The SMILES string of the molecule is CN(N[C@@H](CO)C(=O)O)[C@@H](CO)C(=O)O. The third-order valence-corrected chi connectivity index (χ3v) is 1.77. The number of likely N-dealkylation sites (N-methyl/N-ethyl adjacent to an activating group) is 1. The molecule has 0 spiro atoms. The number of carbonyl (C=O) groups is 2. The Labute approximate surface area is 85.7 Å². The summed E-state index contributed by atoms with van der Waals surface area (Å²) in [6.07, 6.45) is 0. The largest absolute Gasteiger partial charge is 0.480 e. The zero-order chi connectivity index (χ0) is 12.0. The summed E-state index contributed by atoms with van der Waals surface area (Å²) < 4.78 is 0. The van der Waals surface area contributed by atoms with Gasteiger partial charge in [-0.2, -0.15) is 0 Å². The Hall–Kier alpha value is -1.22. The molecular formula is C7H14N2O6. The fourth-order valence-electron chi connectivity index (χ4n) is 0.876. The second kappa shape index (κ2) is 6.30. The highest BCUT2D eigenvalue weighted by Crippen LogP contribution is 1.94. The number of nitrogens with zero attached hydrogens (tertiary/aromatic N) is 1. The number of hydrazine groups is 1. The minimum atomic E-state index is -1.31. The molecule has 0 aliphatic rings. The zero-order valence-corrected chi connectivity index (χ0v) is 8.12. The molecular weight excluding hydrogens is 208 g/mol. The van der Waals surface area contributed by atoms with Crippen LogP contribution in [0.2, 0.25) is 0 Å². The Bertz CT molecular complexity index is 234. The third-order valence-electron chi connectivity index (χ3n) is 1.77. The maximum absolute atomic E-state index is 10.6. The summed E-state index contributed by atoms with van der Waals surface area (Å²) in [6.45, 7) is -1.35. The van der Waals surface area contributed by atoms with Crippen LogP contribution in [0.5, 0.6) is 0 Å². The first-order valence-corrected chi connectivity index (χ1v) is 4.10. The van der Waals surface area contributed by atoms with Gasteiger partial charge in [0.2, 0.25) is 0 Å². The zero-order valence-electron chi connectivity index (χ0n) is 8.12. The maximum atomic E-state index is 10.6. The highest BCUT2D eigenvalue weighted by molar-refractivity contribution is 5.74. The number of aliphatic carboxylic acids is 2. The molecule has 0 aromatic heterocycles. The van der Waals surface area contributed by atoms with Crippen molar-refractivity contribution in [2.75, 3.05) is 20.3 Å². The third kappa shape index (κ3) is 4.21. The monoisotopic (exact) mass is 222 g/mol. The molecule has 0 aliphatic heterocycles. The molecule has 5 N–H and O–H groups in total. The highest BCUT2D eigenvalue weighted by atomic mass is 16.4. The van der Waals surface area contributed by atoms with Crippen LogP contribution in [0.25, 0.3) is 0 Å². The summed E-state index contributed by atoms with van der Waals surface area (Å²) in [4.78, 5) is 21.0. The normalized spacial score (nSPS) is 14.9. The Morgan fingerprint density at radius 3 is 2.00 bits per heavy atom. The smallest absolute Gasteiger partial charge is 0.324 e. The predicted molar refractivity (Wildman–Crippen MR) is 47.9 cm³/mol. The number of carboxylic acids is 2. The second-order valence-corrected chi connectivity index (χ2v) is 2.85. The van der Waals surface area contributed by atoms with E-state index in [4.69, 9.17) is 20.4 Å². The van der Waals surface area contributed by atoms with Crippen LogP contribution in [0.1, 0.15) is 0 Å². The highest BCUT2D eigenvalue weighted by Gasteiger charge is 2.26. The van der Waals surface area contributed by atoms with E-state index >= 15 is 0 Å². The first kappa shape index (κ1) is 13.8. The van der Waals surface area contributed by atoms with Crippen LogP contribution in [-0.4, -0.2) is 69.7 Å². The van der Waals surface area contributed by atoms with Gasteiger partial charge < -0.3 is 20.4 Å². The van der Waals surface area contributed by atoms with E-state index in [1.807, 2.05) is 0 Å². The number of rotatable bonds is 7. The van der Waals surface area contributed by atoms with Crippen molar-refractivity contribution >= 4 is 11.9 Å². The lowest BCUT2D eigenvalue weighted by Gasteiger charge is -2.26. The van der Waals surface area contributed by atoms with Gasteiger partial charge in [-0.1, -0.05) is 0 Å². The van der Waals surface area contributed by atoms with Crippen LogP contribution in [0.4, 0.5) is 0 Å². The Kier molecular flexibility index (Phi) is 5.79. The number of hydrogen-bond acceptors (Lipinski definition) is 6. The number of carboxylic acid groups (broad SMARTS) is 2. The van der Waals surface area contributed by atoms with Crippen molar-refractivity contribution in [3.8, 4) is 0 Å². The molecule has 0 rings (SSSR count). The van der Waals surface area contributed by atoms with E-state index in [0.29, 0.717) is 0 Å². The van der Waals surface area contributed by atoms with E-state index in [0.717, 1.165) is 5.01 Å². The summed E-state index contributed by atoms with van der Waals surface area (Å²) in [5.41, 5.74) is 2.24. The van der Waals surface area contributed by atoms with Crippen LogP contribution >= 0.6 is 0 Å². The van der Waals surface area contributed by atoms with Crippen molar-refractivity contribution < 1.29 is 30.0 Å². The van der Waals surface area contributed by atoms with Gasteiger partial charge in [-0.05, 0) is 0 Å². The molecule has 88 valence electrons. The number of nitrogens with one attached hydrogen (secondary N) is 1. The standard InChI is InChI=1S/C7H14N2O6/c1-9(5(3-11)7(14)15)8-4(2-10)6(12)13/h4-5,8,10-11H,2-3H2,1H3,(H,12,13)(H,14,15)/t4-,5-/m0/s1. The molecule has 0 amide bonds. The first-order chi connectivity index (χ1) is 6.93. The van der Waals surface area contributed by atoms with Crippen molar-refractivity contribution in [3.63, 3.8) is 0 Å². The van der Waals surface area contributed by atoms with Crippen LogP contribution < -0.4 is 5.43 Å². The summed E-state index contributed by atoms with van der Waals surface area (Å²) in [5, 5.41) is 35.5. The summed E-state index contributed by atoms with van der Waals surface area (Å²) in [6, 6.07) is -2.57. The van der Waals surface area contributed by atoms with Gasteiger partial charge >= 0.3 is 11.9 Å². The lowest BCUT2D eigenvalue weighted by molar-refractivity contribution is -0.150. The molecule has 0 radical (unpaired) electrons. The van der Waals surface area contributed by atoms with E-state index in [-0.39, 0.29) is 0 Å². The van der Waals surface area contributed by atoms with Gasteiger partial charge in [-0.3, -0.25) is 9.59 Å². The van der Waals surface area contributed by atoms with E-state index in [9.17, 15) is 9.59 Å². The van der Waals surface area contributed by atoms with Gasteiger partial charge in [0.25, 0.3) is 0 Å². The minimum Gasteiger partial charge on any atom is -0.480 e. The summed E-state index contributed by atoms with van der Waals surface area (Å²) >= 11 is 0. The Balaban J connectivity index is 4.37. The van der Waals surface area contributed by atoms with Gasteiger partial charge in [0.05, 0.1) is 13.2 Å². The molecule has 8 heteroatoms. The number of aliphatic hydroxyl groups excluding tert-OH is 2. The number of hydrogen-bond donors (Lipinski definition) is 5. The van der Waals surface area contributed by atoms with E-state index in [2.05, 4.69) is 5.43 Å². The second-order valence-electron chi connectivity index (χ2n) is 2.85. The molecule has 8 nitrogen and oxygen atoms in total. The van der Waals surface area contributed by atoms with Crippen LogP contribution in [0, 0.1) is 0 Å². The molecule has 0 saturated carbocycles. The van der Waals surface area contributed by atoms with Crippen molar-refractivity contribution in [1.82, 2.24) is 10.4 Å². The van der Waals surface area contributed by atoms with E-state index < -0.39 is 37.2 Å². The fraction of sp³-hybridized carbons (Fsp3) is 0.714. The van der Waals surface area contributed by atoms with Crippen LogP contribution in [0.3, 0.4) is 0 Å². The van der Waals surface area contributed by atoms with Crippen molar-refractivity contribution in [1.29, 1.82) is 0 Å². The Morgan fingerprint density at radius 1 is 1.20 bits per heavy atom. The van der Waals surface area contributed by atoms with Crippen molar-refractivity contribution in [3.05, 3.63) is 0 Å². The summed E-state index contributed by atoms with van der Waals surface area (Å²) in [5.74, 6) is -2.61. The average Bonchev–Trinajstić information content (AvgIpc) is 2.14. The van der Waals surface area contributed by atoms with E-state index in [1.165, 1.54) is 7.05 Å². The topological polar surface area (TPSA) is 130 Å². The van der Waals surface area contributed by atoms with Crippen molar-refractivity contribution in [2.45, 2.75) is 12.1 Å². The molecule has 15 heavy (non-hydrogen) atoms. The van der Waals surface area contributed by atoms with Gasteiger partial charge in [-0.15, -0.1) is 0 Å². The van der Waals surface area contributed by atoms with Gasteiger partial charge in [0.15, 0.2) is 0 Å². The fourth-order valence-corrected chi connectivity index (χ4v) is 0.876. The Morgan fingerprint density at radius 2 is 1.73 bits per heavy atom. The van der Waals surface area contributed by atoms with Crippen molar-refractivity contribution in [2.24, 2.45) is 0 Å². The van der Waals surface area contributed by atoms with E-state index in [1.54, 1.807) is 0 Å². The van der Waals surface area contributed by atoms with Crippen LogP contribution in [0.15, 0.2) is 0 Å². The minimum absolute atomic E-state index is 0.670. The molecule has 0 aromatic carbocycles. The van der Waals surface area contributed by atoms with Gasteiger partial charge in [0, 0.05) is 7.05 Å².